The van der Waals surface area contributed by atoms with E-state index < -0.39 is 5.60 Å². The van der Waals surface area contributed by atoms with Crippen molar-refractivity contribution in [1.29, 1.82) is 0 Å². The van der Waals surface area contributed by atoms with Crippen LogP contribution in [0.5, 0.6) is 0 Å². The van der Waals surface area contributed by atoms with Crippen molar-refractivity contribution in [2.45, 2.75) is 32.8 Å². The Labute approximate surface area is 96.8 Å². The molecule has 0 aliphatic carbocycles. The standard InChI is InChI=1S/C13H18NO2/c1-13(2,3)16-12(15)14-10-9-11-7-5-4-6-8-11/h4-5,7-8H,9-10H2,1-3H3,(H,14,15). The van der Waals surface area contributed by atoms with Crippen molar-refractivity contribution in [3.63, 3.8) is 0 Å². The van der Waals surface area contributed by atoms with E-state index in [-0.39, 0.29) is 6.09 Å². The molecule has 3 nitrogen and oxygen atoms in total. The third kappa shape index (κ3) is 5.39. The van der Waals surface area contributed by atoms with Gasteiger partial charge in [0, 0.05) is 6.54 Å². The summed E-state index contributed by atoms with van der Waals surface area (Å²) in [6.07, 6.45) is 0.420. The van der Waals surface area contributed by atoms with Gasteiger partial charge in [-0.25, -0.2) is 4.79 Å². The number of nitrogens with one attached hydrogen (secondary N) is 1. The lowest BCUT2D eigenvalue weighted by Gasteiger charge is -2.19. The molecule has 0 bridgehead atoms. The number of amides is 1. The van der Waals surface area contributed by atoms with Crippen molar-refractivity contribution in [2.75, 3.05) is 6.54 Å². The molecule has 1 aromatic rings. The second-order valence-electron chi connectivity index (χ2n) is 4.59. The van der Waals surface area contributed by atoms with Gasteiger partial charge in [0.15, 0.2) is 0 Å². The molecule has 16 heavy (non-hydrogen) atoms. The van der Waals surface area contributed by atoms with Crippen LogP contribution in [0.3, 0.4) is 0 Å². The molecule has 1 N–H and O–H groups in total. The lowest BCUT2D eigenvalue weighted by molar-refractivity contribution is 0.0528. The van der Waals surface area contributed by atoms with Gasteiger partial charge >= 0.3 is 6.09 Å². The fourth-order valence-electron chi connectivity index (χ4n) is 1.21. The van der Waals surface area contributed by atoms with Gasteiger partial charge in [-0.3, -0.25) is 0 Å². The minimum Gasteiger partial charge on any atom is -0.444 e. The number of benzene rings is 1. The van der Waals surface area contributed by atoms with Crippen LogP contribution in [0.2, 0.25) is 0 Å². The molecule has 1 rings (SSSR count). The van der Waals surface area contributed by atoms with Gasteiger partial charge in [0.25, 0.3) is 0 Å². The van der Waals surface area contributed by atoms with Crippen LogP contribution in [-0.2, 0) is 11.2 Å². The monoisotopic (exact) mass is 220 g/mol. The summed E-state index contributed by atoms with van der Waals surface area (Å²) in [5, 5.41) is 2.71. The molecule has 0 fully saturated rings. The Morgan fingerprint density at radius 2 is 2.25 bits per heavy atom. The first-order valence-electron chi connectivity index (χ1n) is 5.39. The molecule has 0 saturated heterocycles. The first kappa shape index (κ1) is 12.6. The van der Waals surface area contributed by atoms with Crippen LogP contribution in [0.4, 0.5) is 4.79 Å². The number of rotatable bonds is 3. The molecular weight excluding hydrogens is 202 g/mol. The van der Waals surface area contributed by atoms with Crippen LogP contribution in [0, 0.1) is 6.07 Å². The summed E-state index contributed by atoms with van der Waals surface area (Å²) in [7, 11) is 0. The van der Waals surface area contributed by atoms with E-state index >= 15 is 0 Å². The summed E-state index contributed by atoms with van der Waals surface area (Å²) in [6, 6.07) is 10.7. The van der Waals surface area contributed by atoms with Gasteiger partial charge in [-0.1, -0.05) is 24.3 Å². The van der Waals surface area contributed by atoms with Crippen LogP contribution in [0.1, 0.15) is 26.3 Å². The normalized spacial score (nSPS) is 10.9. The molecule has 0 spiro atoms. The summed E-state index contributed by atoms with van der Waals surface area (Å²) in [6.45, 7) is 6.11. The van der Waals surface area contributed by atoms with E-state index in [4.69, 9.17) is 4.74 Å². The summed E-state index contributed by atoms with van der Waals surface area (Å²) < 4.78 is 5.12. The summed E-state index contributed by atoms with van der Waals surface area (Å²) in [5.74, 6) is 0. The van der Waals surface area contributed by atoms with Gasteiger partial charge in [-0.15, -0.1) is 0 Å². The second kappa shape index (κ2) is 5.54. The SMILES string of the molecule is CC(C)(C)OC(=O)NCCc1c[c]ccc1. The number of ether oxygens (including phenoxy) is 1. The Balaban J connectivity index is 2.24. The number of alkyl carbamates (subject to hydrolysis) is 1. The number of carbonyl (C=O) groups is 1. The molecule has 0 saturated carbocycles. The fraction of sp³-hybridized carbons (Fsp3) is 0.462. The van der Waals surface area contributed by atoms with E-state index in [2.05, 4.69) is 11.4 Å². The van der Waals surface area contributed by atoms with Crippen molar-refractivity contribution >= 4 is 6.09 Å². The predicted molar refractivity (Wildman–Crippen MR) is 63.2 cm³/mol. The van der Waals surface area contributed by atoms with Gasteiger partial charge in [0.05, 0.1) is 0 Å². The van der Waals surface area contributed by atoms with Crippen LogP contribution in [-0.4, -0.2) is 18.2 Å². The zero-order chi connectivity index (χ0) is 12.0. The average molecular weight is 220 g/mol. The Morgan fingerprint density at radius 3 is 2.81 bits per heavy atom. The summed E-state index contributed by atoms with van der Waals surface area (Å²) in [4.78, 5) is 11.3. The van der Waals surface area contributed by atoms with E-state index in [9.17, 15) is 4.79 Å². The lowest BCUT2D eigenvalue weighted by Crippen LogP contribution is -2.33. The molecule has 0 aliphatic heterocycles. The van der Waals surface area contributed by atoms with Gasteiger partial charge in [0.1, 0.15) is 5.60 Å². The van der Waals surface area contributed by atoms with Crippen molar-refractivity contribution < 1.29 is 9.53 Å². The zero-order valence-corrected chi connectivity index (χ0v) is 10.0. The quantitative estimate of drug-likeness (QED) is 0.850. The van der Waals surface area contributed by atoms with Gasteiger partial charge < -0.3 is 10.1 Å². The number of carbonyl (C=O) groups excluding carboxylic acids is 1. The highest BCUT2D eigenvalue weighted by molar-refractivity contribution is 5.67. The molecule has 1 radical (unpaired) electrons. The van der Waals surface area contributed by atoms with Crippen molar-refractivity contribution in [3.8, 4) is 0 Å². The van der Waals surface area contributed by atoms with E-state index in [0.29, 0.717) is 6.54 Å². The van der Waals surface area contributed by atoms with Crippen molar-refractivity contribution in [2.24, 2.45) is 0 Å². The van der Waals surface area contributed by atoms with Gasteiger partial charge in [-0.05, 0) is 38.8 Å². The van der Waals surface area contributed by atoms with E-state index in [0.717, 1.165) is 12.0 Å². The molecule has 0 unspecified atom stereocenters. The molecule has 0 atom stereocenters. The maximum absolute atomic E-state index is 11.3. The smallest absolute Gasteiger partial charge is 0.407 e. The molecule has 0 aromatic heterocycles. The topological polar surface area (TPSA) is 38.3 Å². The minimum atomic E-state index is -0.440. The average Bonchev–Trinajstić information content (AvgIpc) is 2.16. The van der Waals surface area contributed by atoms with Crippen molar-refractivity contribution in [1.82, 2.24) is 5.32 Å². The van der Waals surface area contributed by atoms with Crippen LogP contribution in [0.15, 0.2) is 24.3 Å². The highest BCUT2D eigenvalue weighted by Crippen LogP contribution is 2.06. The molecule has 0 aliphatic rings. The summed E-state index contributed by atoms with van der Waals surface area (Å²) in [5.41, 5.74) is 0.712. The lowest BCUT2D eigenvalue weighted by atomic mass is 10.1. The molecular formula is C13H18NO2. The van der Waals surface area contributed by atoms with Gasteiger partial charge in [-0.2, -0.15) is 0 Å². The van der Waals surface area contributed by atoms with E-state index in [1.165, 1.54) is 0 Å². The molecule has 0 heterocycles. The molecule has 1 aromatic carbocycles. The molecule has 87 valence electrons. The molecule has 3 heteroatoms. The Kier molecular flexibility index (Phi) is 4.35. The maximum atomic E-state index is 11.3. The fourth-order valence-corrected chi connectivity index (χ4v) is 1.21. The first-order chi connectivity index (χ1) is 7.47. The van der Waals surface area contributed by atoms with Gasteiger partial charge in [0.2, 0.25) is 0 Å². The second-order valence-corrected chi connectivity index (χ2v) is 4.59. The summed E-state index contributed by atoms with van der Waals surface area (Å²) >= 11 is 0. The van der Waals surface area contributed by atoms with Crippen LogP contribution < -0.4 is 5.32 Å². The number of hydrogen-bond acceptors (Lipinski definition) is 2. The van der Waals surface area contributed by atoms with Crippen molar-refractivity contribution in [3.05, 3.63) is 35.9 Å². The third-order valence-electron chi connectivity index (χ3n) is 1.85. The third-order valence-corrected chi connectivity index (χ3v) is 1.85. The van der Waals surface area contributed by atoms with E-state index in [1.54, 1.807) is 0 Å². The Morgan fingerprint density at radius 1 is 1.50 bits per heavy atom. The Bertz CT molecular complexity index is 328. The molecule has 1 amide bonds. The maximum Gasteiger partial charge on any atom is 0.407 e. The van der Waals surface area contributed by atoms with Crippen LogP contribution in [0.25, 0.3) is 0 Å². The Hall–Kier alpha value is -1.51. The first-order valence-corrected chi connectivity index (χ1v) is 5.39. The predicted octanol–water partition coefficient (Wildman–Crippen LogP) is 2.55. The van der Waals surface area contributed by atoms with E-state index in [1.807, 2.05) is 45.0 Å². The van der Waals surface area contributed by atoms with Crippen LogP contribution >= 0.6 is 0 Å². The largest absolute Gasteiger partial charge is 0.444 e. The highest BCUT2D eigenvalue weighted by atomic mass is 16.6. The highest BCUT2D eigenvalue weighted by Gasteiger charge is 2.15. The minimum absolute atomic E-state index is 0.368. The zero-order valence-electron chi connectivity index (χ0n) is 10.0. The number of hydrogen-bond donors (Lipinski definition) is 1.